The Morgan fingerprint density at radius 1 is 1.22 bits per heavy atom. The molecule has 3 N–H and O–H groups in total. The Balaban J connectivity index is 1.88. The Kier molecular flexibility index (Phi) is 2.81. The molecule has 2 aliphatic carbocycles. The number of aromatic nitrogens is 2. The van der Waals surface area contributed by atoms with Crippen LogP contribution in [0.5, 0.6) is 0 Å². The largest absolute Gasteiger partial charge is 0.438 e. The second kappa shape index (κ2) is 4.23. The fraction of sp³-hybridized carbons (Fsp3) is 0.846. The van der Waals surface area contributed by atoms with Crippen LogP contribution in [0.1, 0.15) is 57.2 Å². The van der Waals surface area contributed by atoms with E-state index in [-0.39, 0.29) is 10.8 Å². The van der Waals surface area contributed by atoms with Gasteiger partial charge in [-0.15, -0.1) is 0 Å². The van der Waals surface area contributed by atoms with Crippen molar-refractivity contribution in [1.29, 1.82) is 0 Å². The van der Waals surface area contributed by atoms with Crippen LogP contribution in [0, 0.1) is 5.41 Å². The molecule has 0 saturated heterocycles. The van der Waals surface area contributed by atoms with Crippen molar-refractivity contribution < 1.29 is 4.52 Å². The maximum absolute atomic E-state index is 11.1. The Morgan fingerprint density at radius 3 is 2.44 bits per heavy atom. The first-order chi connectivity index (χ1) is 8.72. The number of nitrogens with one attached hydrogen (secondary N) is 1. The normalized spacial score (nSPS) is 30.9. The molecule has 0 aromatic carbocycles. The molecule has 1 spiro atoms. The quantitative estimate of drug-likeness (QED) is 0.837. The molecular formula is C13H21N3O2. The van der Waals surface area contributed by atoms with Crippen LogP contribution in [0.25, 0.3) is 0 Å². The Hall–Kier alpha value is -1.10. The van der Waals surface area contributed by atoms with E-state index in [9.17, 15) is 4.79 Å². The van der Waals surface area contributed by atoms with E-state index in [0.29, 0.717) is 12.4 Å². The smallest absolute Gasteiger partial charge is 0.329 e. The van der Waals surface area contributed by atoms with Gasteiger partial charge in [0.1, 0.15) is 0 Å². The molecule has 0 bridgehead atoms. The molecule has 0 aliphatic heterocycles. The molecule has 1 unspecified atom stereocenters. The van der Waals surface area contributed by atoms with Crippen LogP contribution in [-0.2, 0) is 5.41 Å². The molecule has 0 radical (unpaired) electrons. The highest BCUT2D eigenvalue weighted by Gasteiger charge is 2.68. The second-order valence-electron chi connectivity index (χ2n) is 5.95. The summed E-state index contributed by atoms with van der Waals surface area (Å²) < 4.78 is 4.67. The van der Waals surface area contributed by atoms with E-state index in [4.69, 9.17) is 5.73 Å². The van der Waals surface area contributed by atoms with Crippen LogP contribution in [0.3, 0.4) is 0 Å². The van der Waals surface area contributed by atoms with E-state index in [1.54, 1.807) is 0 Å². The zero-order chi connectivity index (χ0) is 12.6. The number of rotatable bonds is 2. The highest BCUT2D eigenvalue weighted by atomic mass is 16.5. The zero-order valence-corrected chi connectivity index (χ0v) is 10.7. The number of nitrogens with zero attached hydrogens (tertiary/aromatic N) is 1. The topological polar surface area (TPSA) is 84.9 Å². The van der Waals surface area contributed by atoms with Gasteiger partial charge in [0.2, 0.25) is 0 Å². The molecule has 5 nitrogen and oxygen atoms in total. The van der Waals surface area contributed by atoms with Gasteiger partial charge in [-0.3, -0.25) is 9.51 Å². The fourth-order valence-electron chi connectivity index (χ4n) is 3.93. The van der Waals surface area contributed by atoms with Crippen molar-refractivity contribution in [1.82, 2.24) is 10.1 Å². The zero-order valence-electron chi connectivity index (χ0n) is 10.7. The van der Waals surface area contributed by atoms with Gasteiger partial charge in [-0.05, 0) is 24.7 Å². The Bertz CT molecular complexity index is 471. The van der Waals surface area contributed by atoms with Gasteiger partial charge < -0.3 is 5.73 Å². The third-order valence-electron chi connectivity index (χ3n) is 5.08. The van der Waals surface area contributed by atoms with Gasteiger partial charge in [0.05, 0.1) is 5.41 Å². The number of hydrogen-bond donors (Lipinski definition) is 2. The van der Waals surface area contributed by atoms with Gasteiger partial charge in [0.25, 0.3) is 0 Å². The molecule has 1 atom stereocenters. The van der Waals surface area contributed by atoms with Crippen molar-refractivity contribution in [3.8, 4) is 0 Å². The van der Waals surface area contributed by atoms with Gasteiger partial charge in [0.15, 0.2) is 5.82 Å². The molecule has 1 aromatic heterocycles. The maximum Gasteiger partial charge on any atom is 0.438 e. The highest BCUT2D eigenvalue weighted by Crippen LogP contribution is 2.68. The van der Waals surface area contributed by atoms with Crippen molar-refractivity contribution in [2.75, 3.05) is 6.54 Å². The average molecular weight is 251 g/mol. The average Bonchev–Trinajstić information content (AvgIpc) is 2.80. The predicted molar refractivity (Wildman–Crippen MR) is 67.2 cm³/mol. The lowest BCUT2D eigenvalue weighted by atomic mass is 9.81. The summed E-state index contributed by atoms with van der Waals surface area (Å²) in [4.78, 5) is 13.9. The lowest BCUT2D eigenvalue weighted by molar-refractivity contribution is 0.298. The van der Waals surface area contributed by atoms with Crippen molar-refractivity contribution in [2.45, 2.75) is 56.8 Å². The van der Waals surface area contributed by atoms with Gasteiger partial charge in [0, 0.05) is 6.54 Å². The standard InChI is InChI=1S/C13H21N3O2/c14-9-13(10-15-11(17)18-16-10)8-12(13)6-4-2-1-3-5-7-12/h1-9,14H2,(H,15,16,17). The molecule has 2 aliphatic rings. The lowest BCUT2D eigenvalue weighted by Crippen LogP contribution is -2.30. The van der Waals surface area contributed by atoms with Crippen LogP contribution in [0.15, 0.2) is 9.32 Å². The van der Waals surface area contributed by atoms with Gasteiger partial charge >= 0.3 is 5.76 Å². The summed E-state index contributed by atoms with van der Waals surface area (Å²) in [6, 6.07) is 0. The number of H-pyrrole nitrogens is 1. The van der Waals surface area contributed by atoms with Crippen LogP contribution >= 0.6 is 0 Å². The Morgan fingerprint density at radius 2 is 1.89 bits per heavy atom. The van der Waals surface area contributed by atoms with Crippen molar-refractivity contribution >= 4 is 0 Å². The summed E-state index contributed by atoms with van der Waals surface area (Å²) in [5.41, 5.74) is 6.14. The summed E-state index contributed by atoms with van der Waals surface area (Å²) in [6.45, 7) is 0.551. The minimum atomic E-state index is -0.467. The van der Waals surface area contributed by atoms with Crippen LogP contribution < -0.4 is 11.5 Å². The van der Waals surface area contributed by atoms with Crippen LogP contribution in [-0.4, -0.2) is 16.7 Å². The summed E-state index contributed by atoms with van der Waals surface area (Å²) in [5, 5.41) is 3.90. The number of hydrogen-bond acceptors (Lipinski definition) is 4. The molecule has 1 aromatic rings. The first-order valence-electron chi connectivity index (χ1n) is 6.99. The SMILES string of the molecule is NCC1(c2noc(=O)[nH]2)CC12CCCCCCC2. The predicted octanol–water partition coefficient (Wildman–Crippen LogP) is 1.69. The fourth-order valence-corrected chi connectivity index (χ4v) is 3.93. The molecule has 2 fully saturated rings. The first kappa shape index (κ1) is 12.0. The van der Waals surface area contributed by atoms with E-state index >= 15 is 0 Å². The van der Waals surface area contributed by atoms with E-state index in [2.05, 4.69) is 14.7 Å². The van der Waals surface area contributed by atoms with Gasteiger partial charge in [-0.25, -0.2) is 4.79 Å². The van der Waals surface area contributed by atoms with Crippen molar-refractivity contribution in [3.63, 3.8) is 0 Å². The molecule has 18 heavy (non-hydrogen) atoms. The monoisotopic (exact) mass is 251 g/mol. The maximum atomic E-state index is 11.1. The van der Waals surface area contributed by atoms with E-state index in [1.165, 1.54) is 44.9 Å². The van der Waals surface area contributed by atoms with Crippen molar-refractivity contribution in [2.24, 2.45) is 11.1 Å². The minimum absolute atomic E-state index is 0.128. The highest BCUT2D eigenvalue weighted by molar-refractivity contribution is 5.29. The summed E-state index contributed by atoms with van der Waals surface area (Å²) >= 11 is 0. The molecular weight excluding hydrogens is 230 g/mol. The summed E-state index contributed by atoms with van der Waals surface area (Å²) in [7, 11) is 0. The number of nitrogens with two attached hydrogens (primary N) is 1. The van der Waals surface area contributed by atoms with E-state index in [0.717, 1.165) is 6.42 Å². The summed E-state index contributed by atoms with van der Waals surface area (Å²) in [6.07, 6.45) is 9.99. The van der Waals surface area contributed by atoms with Gasteiger partial charge in [-0.2, -0.15) is 0 Å². The molecule has 2 saturated carbocycles. The third kappa shape index (κ3) is 1.64. The summed E-state index contributed by atoms with van der Waals surface area (Å²) in [5.74, 6) is 0.210. The van der Waals surface area contributed by atoms with Gasteiger partial charge in [-0.1, -0.05) is 37.3 Å². The molecule has 1 heterocycles. The minimum Gasteiger partial charge on any atom is -0.329 e. The molecule has 100 valence electrons. The lowest BCUT2D eigenvalue weighted by Gasteiger charge is -2.25. The molecule has 3 rings (SSSR count). The van der Waals surface area contributed by atoms with Crippen LogP contribution in [0.2, 0.25) is 0 Å². The number of aromatic amines is 1. The Labute approximate surface area is 106 Å². The van der Waals surface area contributed by atoms with E-state index in [1.807, 2.05) is 0 Å². The molecule has 0 amide bonds. The van der Waals surface area contributed by atoms with E-state index < -0.39 is 5.76 Å². The second-order valence-corrected chi connectivity index (χ2v) is 5.95. The first-order valence-corrected chi connectivity index (χ1v) is 6.99. The third-order valence-corrected chi connectivity index (χ3v) is 5.08. The molecule has 5 heteroatoms. The van der Waals surface area contributed by atoms with Crippen molar-refractivity contribution in [3.05, 3.63) is 16.4 Å². The van der Waals surface area contributed by atoms with Crippen LogP contribution in [0.4, 0.5) is 0 Å².